The van der Waals surface area contributed by atoms with E-state index in [2.05, 4.69) is 0 Å². The number of hydrogen-bond acceptors (Lipinski definition) is 5. The monoisotopic (exact) mass is 359 g/mol. The highest BCUT2D eigenvalue weighted by Crippen LogP contribution is 2.33. The molecule has 0 bridgehead atoms. The number of amides is 2. The van der Waals surface area contributed by atoms with Gasteiger partial charge in [0.15, 0.2) is 0 Å². The number of nitrogen functional groups attached to an aromatic ring is 1. The molecule has 1 aromatic heterocycles. The molecule has 0 unspecified atom stereocenters. The Bertz CT molecular complexity index is 785. The predicted molar refractivity (Wildman–Crippen MR) is 99.0 cm³/mol. The molecule has 132 valence electrons. The molecule has 1 saturated heterocycles. The van der Waals surface area contributed by atoms with Crippen molar-refractivity contribution in [3.63, 3.8) is 0 Å². The highest BCUT2D eigenvalue weighted by Gasteiger charge is 2.31. The smallest absolute Gasteiger partial charge is 0.348 e. The fourth-order valence-corrected chi connectivity index (χ4v) is 3.86. The number of benzene rings is 1. The van der Waals surface area contributed by atoms with Gasteiger partial charge in [-0.2, -0.15) is 0 Å². The van der Waals surface area contributed by atoms with Crippen LogP contribution in [0, 0.1) is 6.92 Å². The molecule has 0 spiro atoms. The van der Waals surface area contributed by atoms with Gasteiger partial charge in [-0.05, 0) is 43.2 Å². The molecule has 25 heavy (non-hydrogen) atoms. The number of carbonyl (C=O) groups excluding carboxylic acids is 2. The lowest BCUT2D eigenvalue weighted by atomic mass is 10.2. The van der Waals surface area contributed by atoms with E-state index in [1.807, 2.05) is 37.3 Å². The normalized spacial score (nSPS) is 14.2. The average Bonchev–Trinajstić information content (AvgIpc) is 3.13. The second-order valence-corrected chi connectivity index (χ2v) is 6.95. The molecule has 2 aromatic rings. The number of rotatable bonds is 5. The molecule has 0 radical (unpaired) electrons. The first-order valence-corrected chi connectivity index (χ1v) is 8.99. The molecular formula is C18H21N3O3S. The molecule has 6 nitrogen and oxygen atoms in total. The first-order valence-electron chi connectivity index (χ1n) is 8.18. The van der Waals surface area contributed by atoms with Crippen LogP contribution in [-0.2, 0) is 11.3 Å². The molecular weight excluding hydrogens is 338 g/mol. The van der Waals surface area contributed by atoms with Gasteiger partial charge < -0.3 is 15.4 Å². The molecule has 3 rings (SSSR count). The fourth-order valence-electron chi connectivity index (χ4n) is 2.77. The number of aryl methyl sites for hydroxylation is 1. The average molecular weight is 359 g/mol. The van der Waals surface area contributed by atoms with Gasteiger partial charge in [0.25, 0.3) is 0 Å². The third-order valence-corrected chi connectivity index (χ3v) is 5.32. The van der Waals surface area contributed by atoms with Crippen molar-refractivity contribution in [1.82, 2.24) is 4.90 Å². The number of urea groups is 1. The zero-order valence-electron chi connectivity index (χ0n) is 14.3. The van der Waals surface area contributed by atoms with Crippen molar-refractivity contribution in [2.45, 2.75) is 20.4 Å². The summed E-state index contributed by atoms with van der Waals surface area (Å²) in [6, 6.07) is 9.36. The largest absolute Gasteiger partial charge is 0.462 e. The number of ether oxygens (including phenoxy) is 1. The Morgan fingerprint density at radius 1 is 1.28 bits per heavy atom. The van der Waals surface area contributed by atoms with Crippen LogP contribution in [0.3, 0.4) is 0 Å². The van der Waals surface area contributed by atoms with Crippen LogP contribution in [0.15, 0.2) is 30.3 Å². The zero-order valence-corrected chi connectivity index (χ0v) is 15.1. The predicted octanol–water partition coefficient (Wildman–Crippen LogP) is 3.26. The molecule has 7 heteroatoms. The summed E-state index contributed by atoms with van der Waals surface area (Å²) in [4.78, 5) is 28.8. The van der Waals surface area contributed by atoms with Crippen LogP contribution in [0.25, 0.3) is 0 Å². The molecule has 2 N–H and O–H groups in total. The van der Waals surface area contributed by atoms with Crippen LogP contribution in [0.4, 0.5) is 15.5 Å². The van der Waals surface area contributed by atoms with E-state index in [4.69, 9.17) is 10.5 Å². The summed E-state index contributed by atoms with van der Waals surface area (Å²) >= 11 is 1.31. The topological polar surface area (TPSA) is 75.9 Å². The number of carbonyl (C=O) groups is 2. The molecule has 2 amide bonds. The second kappa shape index (κ2) is 7.14. The second-order valence-electron chi connectivity index (χ2n) is 5.91. The summed E-state index contributed by atoms with van der Waals surface area (Å²) in [6.07, 6.45) is 0. The van der Waals surface area contributed by atoms with Crippen molar-refractivity contribution >= 4 is 34.0 Å². The molecule has 1 aromatic carbocycles. The van der Waals surface area contributed by atoms with Gasteiger partial charge in [0.1, 0.15) is 9.88 Å². The van der Waals surface area contributed by atoms with E-state index >= 15 is 0 Å². The van der Waals surface area contributed by atoms with Crippen molar-refractivity contribution in [3.8, 4) is 0 Å². The van der Waals surface area contributed by atoms with Crippen LogP contribution in [0.1, 0.15) is 27.7 Å². The van der Waals surface area contributed by atoms with Crippen molar-refractivity contribution in [1.29, 1.82) is 0 Å². The first kappa shape index (κ1) is 17.3. The summed E-state index contributed by atoms with van der Waals surface area (Å²) in [7, 11) is 0. The standard InChI is InChI=1S/C18H21N3O3S/c1-3-24-17(22)16-12(2)10-15(25-16)21-9-8-20(18(21)23)11-13-4-6-14(19)7-5-13/h4-7,10H,3,8-9,11,19H2,1-2H3. The Morgan fingerprint density at radius 3 is 2.68 bits per heavy atom. The van der Waals surface area contributed by atoms with Crippen molar-refractivity contribution in [2.75, 3.05) is 30.3 Å². The summed E-state index contributed by atoms with van der Waals surface area (Å²) in [5.41, 5.74) is 8.28. The first-order chi connectivity index (χ1) is 12.0. The summed E-state index contributed by atoms with van der Waals surface area (Å²) in [6.45, 7) is 5.78. The Kier molecular flexibility index (Phi) is 4.94. The number of anilines is 2. The van der Waals surface area contributed by atoms with Gasteiger partial charge in [-0.15, -0.1) is 11.3 Å². The van der Waals surface area contributed by atoms with E-state index in [0.717, 1.165) is 16.1 Å². The van der Waals surface area contributed by atoms with Gasteiger partial charge in [0.2, 0.25) is 0 Å². The zero-order chi connectivity index (χ0) is 18.0. The molecule has 1 aliphatic rings. The molecule has 0 atom stereocenters. The third kappa shape index (κ3) is 3.61. The third-order valence-electron chi connectivity index (χ3n) is 4.08. The molecule has 0 aliphatic carbocycles. The molecule has 1 aliphatic heterocycles. The van der Waals surface area contributed by atoms with E-state index in [0.29, 0.717) is 36.8 Å². The molecule has 0 saturated carbocycles. The van der Waals surface area contributed by atoms with Crippen molar-refractivity contribution in [3.05, 3.63) is 46.3 Å². The lowest BCUT2D eigenvalue weighted by Gasteiger charge is -2.17. The van der Waals surface area contributed by atoms with E-state index in [1.54, 1.807) is 16.7 Å². The number of thiophene rings is 1. The van der Waals surface area contributed by atoms with Gasteiger partial charge in [-0.25, -0.2) is 9.59 Å². The fraction of sp³-hybridized carbons (Fsp3) is 0.333. The van der Waals surface area contributed by atoms with Gasteiger partial charge in [0, 0.05) is 25.3 Å². The lowest BCUT2D eigenvalue weighted by Crippen LogP contribution is -2.30. The van der Waals surface area contributed by atoms with Crippen LogP contribution < -0.4 is 10.6 Å². The maximum Gasteiger partial charge on any atom is 0.348 e. The van der Waals surface area contributed by atoms with Crippen molar-refractivity contribution < 1.29 is 14.3 Å². The van der Waals surface area contributed by atoms with Gasteiger partial charge in [-0.1, -0.05) is 12.1 Å². The highest BCUT2D eigenvalue weighted by atomic mass is 32.1. The minimum absolute atomic E-state index is 0.0477. The minimum Gasteiger partial charge on any atom is -0.462 e. The maximum absolute atomic E-state index is 12.7. The minimum atomic E-state index is -0.332. The summed E-state index contributed by atoms with van der Waals surface area (Å²) < 4.78 is 5.07. The van der Waals surface area contributed by atoms with E-state index < -0.39 is 0 Å². The lowest BCUT2D eigenvalue weighted by molar-refractivity contribution is 0.0531. The Hall–Kier alpha value is -2.54. The summed E-state index contributed by atoms with van der Waals surface area (Å²) in [5.74, 6) is -0.332. The maximum atomic E-state index is 12.7. The highest BCUT2D eigenvalue weighted by molar-refractivity contribution is 7.18. The Labute approximate surface area is 150 Å². The number of nitrogens with two attached hydrogens (primary N) is 1. The van der Waals surface area contributed by atoms with E-state index in [9.17, 15) is 9.59 Å². The van der Waals surface area contributed by atoms with Crippen LogP contribution in [-0.4, -0.2) is 36.6 Å². The van der Waals surface area contributed by atoms with Crippen LogP contribution >= 0.6 is 11.3 Å². The van der Waals surface area contributed by atoms with E-state index in [1.165, 1.54) is 11.3 Å². The SMILES string of the molecule is CCOC(=O)c1sc(N2CCN(Cc3ccc(N)cc3)C2=O)cc1C. The number of nitrogens with zero attached hydrogens (tertiary/aromatic N) is 2. The number of esters is 1. The number of hydrogen-bond donors (Lipinski definition) is 1. The van der Waals surface area contributed by atoms with Gasteiger partial charge in [-0.3, -0.25) is 4.90 Å². The van der Waals surface area contributed by atoms with E-state index in [-0.39, 0.29) is 12.0 Å². The van der Waals surface area contributed by atoms with Crippen LogP contribution in [0.5, 0.6) is 0 Å². The van der Waals surface area contributed by atoms with Crippen LogP contribution in [0.2, 0.25) is 0 Å². The van der Waals surface area contributed by atoms with Gasteiger partial charge in [0.05, 0.1) is 6.61 Å². The van der Waals surface area contributed by atoms with Gasteiger partial charge >= 0.3 is 12.0 Å². The molecule has 1 fully saturated rings. The molecule has 2 heterocycles. The Morgan fingerprint density at radius 2 is 2.00 bits per heavy atom. The van der Waals surface area contributed by atoms with Crippen molar-refractivity contribution in [2.24, 2.45) is 0 Å². The quantitative estimate of drug-likeness (QED) is 0.657. The summed E-state index contributed by atoms with van der Waals surface area (Å²) in [5, 5.41) is 0.783. The Balaban J connectivity index is 1.72.